The average Bonchev–Trinajstić information content (AvgIpc) is 2.91. The number of pyridine rings is 3. The summed E-state index contributed by atoms with van der Waals surface area (Å²) in [6.07, 6.45) is 4.28. The maximum absolute atomic E-state index is 11.7. The third kappa shape index (κ3) is 14.1. The van der Waals surface area contributed by atoms with Gasteiger partial charge in [0.25, 0.3) is 0 Å². The molecule has 0 spiro atoms. The van der Waals surface area contributed by atoms with Crippen molar-refractivity contribution in [1.82, 2.24) is 15.0 Å². The summed E-state index contributed by atoms with van der Waals surface area (Å²) in [7, 11) is 0. The van der Waals surface area contributed by atoms with Crippen LogP contribution in [0.5, 0.6) is 0 Å². The number of carboxylic acid groups (broad SMARTS) is 1. The first-order chi connectivity index (χ1) is 21.9. The molecule has 0 amide bonds. The summed E-state index contributed by atoms with van der Waals surface area (Å²) in [5, 5.41) is 8.61. The van der Waals surface area contributed by atoms with E-state index in [-0.39, 0.29) is 35.3 Å². The van der Waals surface area contributed by atoms with Crippen molar-refractivity contribution in [3.63, 3.8) is 0 Å². The zero-order valence-electron chi connectivity index (χ0n) is 29.7. The van der Waals surface area contributed by atoms with Crippen LogP contribution in [0, 0.1) is 20.8 Å². The fourth-order valence-electron chi connectivity index (χ4n) is 4.09. The van der Waals surface area contributed by atoms with Crippen molar-refractivity contribution >= 4 is 35.3 Å². The van der Waals surface area contributed by atoms with Crippen molar-refractivity contribution in [3.8, 4) is 0 Å². The summed E-state index contributed by atoms with van der Waals surface area (Å²) in [6.45, 7) is 20.4. The molecule has 3 heterocycles. The van der Waals surface area contributed by atoms with Crippen molar-refractivity contribution in [2.75, 3.05) is 0 Å². The fourth-order valence-corrected chi connectivity index (χ4v) is 4.09. The van der Waals surface area contributed by atoms with E-state index in [9.17, 15) is 28.8 Å². The molecule has 258 valence electrons. The summed E-state index contributed by atoms with van der Waals surface area (Å²) < 4.78 is 10.4. The van der Waals surface area contributed by atoms with Crippen molar-refractivity contribution in [2.45, 2.75) is 101 Å². The van der Waals surface area contributed by atoms with E-state index >= 15 is 0 Å². The molecular weight excluding hydrogens is 618 g/mol. The number of aromatic carboxylic acids is 1. The topological polar surface area (TPSA) is 180 Å². The predicted octanol–water partition coefficient (Wildman–Crippen LogP) is 6.32. The Morgan fingerprint density at radius 3 is 1.33 bits per heavy atom. The van der Waals surface area contributed by atoms with Crippen LogP contribution in [-0.2, 0) is 20.7 Å². The lowest BCUT2D eigenvalue weighted by Crippen LogP contribution is -2.25. The van der Waals surface area contributed by atoms with Crippen molar-refractivity contribution in [3.05, 3.63) is 87.3 Å². The zero-order chi connectivity index (χ0) is 37.1. The van der Waals surface area contributed by atoms with E-state index < -0.39 is 23.1 Å². The summed E-state index contributed by atoms with van der Waals surface area (Å²) in [6, 6.07) is 4.86. The van der Waals surface area contributed by atoms with Crippen LogP contribution in [0.4, 0.5) is 0 Å². The van der Waals surface area contributed by atoms with Crippen molar-refractivity contribution < 1.29 is 43.3 Å². The lowest BCUT2D eigenvalue weighted by atomic mass is 10.1. The molecule has 0 aliphatic carbocycles. The molecule has 12 heteroatoms. The molecule has 0 aliphatic heterocycles. The highest BCUT2D eigenvalue weighted by molar-refractivity contribution is 5.96. The minimum atomic E-state index is -1.04. The molecule has 12 nitrogen and oxygen atoms in total. The largest absolute Gasteiger partial charge is 0.478 e. The molecule has 1 N–H and O–H groups in total. The molecular formula is C36H45N3O9. The molecule has 0 unspecified atom stereocenters. The van der Waals surface area contributed by atoms with Gasteiger partial charge >= 0.3 is 17.9 Å². The summed E-state index contributed by atoms with van der Waals surface area (Å²) in [4.78, 5) is 79.1. The highest BCUT2D eigenvalue weighted by Crippen LogP contribution is 2.15. The maximum Gasteiger partial charge on any atom is 0.340 e. The van der Waals surface area contributed by atoms with E-state index in [1.165, 1.54) is 39.2 Å². The van der Waals surface area contributed by atoms with Gasteiger partial charge in [0, 0.05) is 39.4 Å². The molecule has 0 saturated heterocycles. The van der Waals surface area contributed by atoms with E-state index in [0.717, 1.165) is 11.1 Å². The SMILES string of the molecule is CC(=O)c1ncc(C(=O)O)cc1C.CC(=O)c1ncc(C(=O)OC(C)(C)C)cc1C.CC(=O)c1ncc(CC(=O)OC(C)(C)C)cc1C. The number of ketones is 3. The van der Waals surface area contributed by atoms with Gasteiger partial charge in [-0.3, -0.25) is 34.1 Å². The number of carbonyl (C=O) groups is 6. The summed E-state index contributed by atoms with van der Waals surface area (Å²) in [5.74, 6) is -2.10. The van der Waals surface area contributed by atoms with Crippen LogP contribution in [0.2, 0.25) is 0 Å². The quantitative estimate of drug-likeness (QED) is 0.220. The maximum atomic E-state index is 11.7. The molecule has 48 heavy (non-hydrogen) atoms. The lowest BCUT2D eigenvalue weighted by Gasteiger charge is -2.19. The lowest BCUT2D eigenvalue weighted by molar-refractivity contribution is -0.153. The number of ether oxygens (including phenoxy) is 2. The second kappa shape index (κ2) is 17.1. The summed E-state index contributed by atoms with van der Waals surface area (Å²) >= 11 is 0. The fraction of sp³-hybridized carbons (Fsp3) is 0.417. The molecule has 0 atom stereocenters. The number of aryl methyl sites for hydroxylation is 3. The Labute approximate surface area is 281 Å². The Hall–Kier alpha value is -5.13. The van der Waals surface area contributed by atoms with Crippen LogP contribution >= 0.6 is 0 Å². The Kier molecular flexibility index (Phi) is 14.6. The summed E-state index contributed by atoms with van der Waals surface area (Å²) in [5.41, 5.74) is 3.40. The van der Waals surface area contributed by atoms with E-state index in [1.807, 2.05) is 27.7 Å². The van der Waals surface area contributed by atoms with Gasteiger partial charge in [-0.15, -0.1) is 0 Å². The molecule has 0 fully saturated rings. The van der Waals surface area contributed by atoms with Crippen molar-refractivity contribution in [2.24, 2.45) is 0 Å². The number of esters is 2. The average molecular weight is 664 g/mol. The smallest absolute Gasteiger partial charge is 0.340 e. The van der Waals surface area contributed by atoms with Gasteiger partial charge in [-0.1, -0.05) is 6.07 Å². The van der Waals surface area contributed by atoms with Crippen LogP contribution in [0.1, 0.15) is 137 Å². The molecule has 3 aromatic rings. The van der Waals surface area contributed by atoms with Gasteiger partial charge in [-0.05, 0) is 96.7 Å². The third-order valence-electron chi connectivity index (χ3n) is 5.94. The molecule has 0 radical (unpaired) electrons. The molecule has 0 aliphatic rings. The second-order valence-corrected chi connectivity index (χ2v) is 13.0. The minimum Gasteiger partial charge on any atom is -0.478 e. The Balaban J connectivity index is 0.000000365. The zero-order valence-corrected chi connectivity index (χ0v) is 29.7. The van der Waals surface area contributed by atoms with Gasteiger partial charge in [0.1, 0.15) is 28.3 Å². The van der Waals surface area contributed by atoms with Crippen LogP contribution in [-0.4, -0.2) is 66.5 Å². The molecule has 0 aromatic carbocycles. The second-order valence-electron chi connectivity index (χ2n) is 13.0. The molecule has 0 bridgehead atoms. The number of rotatable bonds is 7. The van der Waals surface area contributed by atoms with Crippen LogP contribution in [0.25, 0.3) is 0 Å². The van der Waals surface area contributed by atoms with Gasteiger partial charge in [-0.2, -0.15) is 0 Å². The Bertz CT molecular complexity index is 1700. The monoisotopic (exact) mass is 663 g/mol. The van der Waals surface area contributed by atoms with E-state index in [0.29, 0.717) is 33.8 Å². The number of hydrogen-bond acceptors (Lipinski definition) is 11. The molecule has 3 rings (SSSR count). The normalized spacial score (nSPS) is 10.8. The number of carboxylic acids is 1. The van der Waals surface area contributed by atoms with Gasteiger partial charge < -0.3 is 14.6 Å². The van der Waals surface area contributed by atoms with E-state index in [4.69, 9.17) is 14.6 Å². The van der Waals surface area contributed by atoms with Crippen LogP contribution in [0.3, 0.4) is 0 Å². The molecule has 3 aromatic heterocycles. The highest BCUT2D eigenvalue weighted by atomic mass is 16.6. The number of Topliss-reactive ketones (excluding diaryl/α,β-unsaturated/α-hetero) is 3. The van der Waals surface area contributed by atoms with Crippen molar-refractivity contribution in [1.29, 1.82) is 0 Å². The first-order valence-electron chi connectivity index (χ1n) is 15.0. The number of aromatic nitrogens is 3. The van der Waals surface area contributed by atoms with E-state index in [2.05, 4.69) is 15.0 Å². The van der Waals surface area contributed by atoms with Gasteiger partial charge in [-0.25, -0.2) is 9.59 Å². The Morgan fingerprint density at radius 1 is 0.604 bits per heavy atom. The third-order valence-corrected chi connectivity index (χ3v) is 5.94. The molecule has 0 saturated carbocycles. The highest BCUT2D eigenvalue weighted by Gasteiger charge is 2.20. The van der Waals surface area contributed by atoms with Crippen LogP contribution < -0.4 is 0 Å². The van der Waals surface area contributed by atoms with Crippen LogP contribution in [0.15, 0.2) is 36.8 Å². The van der Waals surface area contributed by atoms with E-state index in [1.54, 1.807) is 52.9 Å². The number of hydrogen-bond donors (Lipinski definition) is 1. The minimum absolute atomic E-state index is 0.0729. The number of nitrogens with zero attached hydrogens (tertiary/aromatic N) is 3. The van der Waals surface area contributed by atoms with Gasteiger partial charge in [0.05, 0.1) is 17.5 Å². The first kappa shape index (κ1) is 40.9. The first-order valence-corrected chi connectivity index (χ1v) is 15.0. The standard InChI is InChI=1S/C14H19NO3.C13H17NO3.C9H9NO3/c1-9-6-11(8-15-13(9)10(2)16)7-12(17)18-14(3,4)5;1-8-6-10(7-14-11(8)9(2)15)12(16)17-13(3,4)5;1-5-3-7(9(12)13)4-10-8(5)6(2)11/h6,8H,7H2,1-5H3;6-7H,1-5H3;3-4H,1-2H3,(H,12,13). The van der Waals surface area contributed by atoms with Gasteiger partial charge in [0.15, 0.2) is 17.3 Å². The van der Waals surface area contributed by atoms with Gasteiger partial charge in [0.2, 0.25) is 0 Å². The Morgan fingerprint density at radius 2 is 0.979 bits per heavy atom. The predicted molar refractivity (Wildman–Crippen MR) is 179 cm³/mol. The number of carbonyl (C=O) groups excluding carboxylic acids is 5.